The molecular weight excluding hydrogens is 288 g/mol. The molecule has 0 saturated carbocycles. The smallest absolute Gasteiger partial charge is 0.257 e. The van der Waals surface area contributed by atoms with Crippen LogP contribution in [-0.2, 0) is 0 Å². The van der Waals surface area contributed by atoms with Crippen LogP contribution in [0.4, 0.5) is 0 Å². The Balaban J connectivity index is 2.25. The lowest BCUT2D eigenvalue weighted by atomic mass is 9.96. The summed E-state index contributed by atoms with van der Waals surface area (Å²) in [5.74, 6) is -0.205. The number of pyridine rings is 1. The molecule has 1 aromatic heterocycles. The molecule has 2 aromatic rings. The van der Waals surface area contributed by atoms with Crippen molar-refractivity contribution in [2.75, 3.05) is 0 Å². The number of aromatic amines is 1. The molecule has 0 radical (unpaired) electrons. The lowest BCUT2D eigenvalue weighted by Gasteiger charge is -2.23. The first-order chi connectivity index (χ1) is 9.99. The number of hydrogen-bond acceptors (Lipinski definition) is 2. The summed E-state index contributed by atoms with van der Waals surface area (Å²) in [6.45, 7) is 4.02. The van der Waals surface area contributed by atoms with Crippen LogP contribution in [0.3, 0.4) is 0 Å². The van der Waals surface area contributed by atoms with Gasteiger partial charge in [0.1, 0.15) is 5.56 Å². The second kappa shape index (κ2) is 6.59. The van der Waals surface area contributed by atoms with Gasteiger partial charge in [-0.05, 0) is 23.6 Å². The molecule has 0 bridgehead atoms. The van der Waals surface area contributed by atoms with E-state index in [0.717, 1.165) is 5.56 Å². The van der Waals surface area contributed by atoms with Gasteiger partial charge in [0.15, 0.2) is 5.43 Å². The van der Waals surface area contributed by atoms with E-state index in [-0.39, 0.29) is 28.9 Å². The molecule has 2 rings (SSSR count). The van der Waals surface area contributed by atoms with Crippen LogP contribution in [0.15, 0.2) is 47.5 Å². The number of aromatic nitrogens is 1. The topological polar surface area (TPSA) is 62.0 Å². The molecule has 0 saturated heterocycles. The van der Waals surface area contributed by atoms with Crippen LogP contribution >= 0.6 is 11.6 Å². The molecule has 0 aliphatic carbocycles. The zero-order valence-corrected chi connectivity index (χ0v) is 12.6. The van der Waals surface area contributed by atoms with Crippen molar-refractivity contribution in [1.82, 2.24) is 10.3 Å². The third-order valence-electron chi connectivity index (χ3n) is 3.25. The van der Waals surface area contributed by atoms with E-state index in [0.29, 0.717) is 5.02 Å². The van der Waals surface area contributed by atoms with Gasteiger partial charge in [-0.15, -0.1) is 0 Å². The summed E-state index contributed by atoms with van der Waals surface area (Å²) in [6.07, 6.45) is 2.91. The molecule has 0 aliphatic rings. The standard InChI is InChI=1S/C16H17ClN2O2/c1-10(2)15(11-3-5-12(17)6-4-11)19-16(21)13-9-18-8-7-14(13)20/h3-10,15H,1-2H3,(H,18,20)(H,19,21). The number of rotatable bonds is 4. The van der Waals surface area contributed by atoms with Crippen LogP contribution in [0.2, 0.25) is 5.02 Å². The number of nitrogens with one attached hydrogen (secondary N) is 2. The van der Waals surface area contributed by atoms with Crippen molar-refractivity contribution in [3.8, 4) is 0 Å². The fourth-order valence-corrected chi connectivity index (χ4v) is 2.24. The summed E-state index contributed by atoms with van der Waals surface area (Å²) in [5.41, 5.74) is 0.761. The molecule has 1 aromatic carbocycles. The van der Waals surface area contributed by atoms with Crippen LogP contribution in [0.1, 0.15) is 35.8 Å². The van der Waals surface area contributed by atoms with Crippen LogP contribution in [0, 0.1) is 5.92 Å². The molecule has 0 fully saturated rings. The van der Waals surface area contributed by atoms with Crippen molar-refractivity contribution in [1.29, 1.82) is 0 Å². The number of carbonyl (C=O) groups is 1. The summed E-state index contributed by atoms with van der Waals surface area (Å²) in [6, 6.07) is 8.48. The van der Waals surface area contributed by atoms with E-state index in [9.17, 15) is 9.59 Å². The Morgan fingerprint density at radius 1 is 1.19 bits per heavy atom. The second-order valence-corrected chi connectivity index (χ2v) is 5.61. The van der Waals surface area contributed by atoms with Gasteiger partial charge in [0.2, 0.25) is 0 Å². The Bertz CT molecular complexity index is 677. The third kappa shape index (κ3) is 3.73. The molecule has 1 amide bonds. The molecule has 4 nitrogen and oxygen atoms in total. The number of halogens is 1. The fourth-order valence-electron chi connectivity index (χ4n) is 2.12. The maximum atomic E-state index is 12.3. The van der Waals surface area contributed by atoms with Gasteiger partial charge in [0.05, 0.1) is 6.04 Å². The third-order valence-corrected chi connectivity index (χ3v) is 3.50. The van der Waals surface area contributed by atoms with Crippen molar-refractivity contribution in [3.63, 3.8) is 0 Å². The Morgan fingerprint density at radius 2 is 1.86 bits per heavy atom. The van der Waals surface area contributed by atoms with E-state index in [1.165, 1.54) is 18.5 Å². The minimum Gasteiger partial charge on any atom is -0.367 e. The molecule has 0 aliphatic heterocycles. The number of amides is 1. The van der Waals surface area contributed by atoms with Gasteiger partial charge in [0, 0.05) is 23.5 Å². The summed E-state index contributed by atoms with van der Waals surface area (Å²) < 4.78 is 0. The second-order valence-electron chi connectivity index (χ2n) is 5.17. The van der Waals surface area contributed by atoms with E-state index < -0.39 is 0 Å². The van der Waals surface area contributed by atoms with E-state index in [1.54, 1.807) is 12.1 Å². The molecule has 1 unspecified atom stereocenters. The Labute approximate surface area is 128 Å². The average Bonchev–Trinajstić information content (AvgIpc) is 2.46. The van der Waals surface area contributed by atoms with Crippen molar-refractivity contribution < 1.29 is 4.79 Å². The van der Waals surface area contributed by atoms with Gasteiger partial charge in [-0.2, -0.15) is 0 Å². The molecule has 0 spiro atoms. The van der Waals surface area contributed by atoms with E-state index >= 15 is 0 Å². The molecule has 1 heterocycles. The quantitative estimate of drug-likeness (QED) is 0.911. The fraction of sp³-hybridized carbons (Fsp3) is 0.250. The number of carbonyl (C=O) groups excluding carboxylic acids is 1. The molecule has 1 atom stereocenters. The Kier molecular flexibility index (Phi) is 4.81. The van der Waals surface area contributed by atoms with Crippen LogP contribution in [0.25, 0.3) is 0 Å². The summed E-state index contributed by atoms with van der Waals surface area (Å²) in [7, 11) is 0. The Hall–Kier alpha value is -2.07. The summed E-state index contributed by atoms with van der Waals surface area (Å²) >= 11 is 5.89. The van der Waals surface area contributed by atoms with E-state index in [1.807, 2.05) is 26.0 Å². The van der Waals surface area contributed by atoms with Gasteiger partial charge >= 0.3 is 0 Å². The number of hydrogen-bond donors (Lipinski definition) is 2. The van der Waals surface area contributed by atoms with E-state index in [2.05, 4.69) is 10.3 Å². The number of H-pyrrole nitrogens is 1. The average molecular weight is 305 g/mol. The first-order valence-corrected chi connectivity index (χ1v) is 7.10. The molecule has 5 heteroatoms. The maximum absolute atomic E-state index is 12.3. The highest BCUT2D eigenvalue weighted by Gasteiger charge is 2.20. The number of benzene rings is 1. The zero-order valence-electron chi connectivity index (χ0n) is 11.9. The van der Waals surface area contributed by atoms with Gasteiger partial charge in [-0.3, -0.25) is 9.59 Å². The lowest BCUT2D eigenvalue weighted by molar-refractivity contribution is 0.0924. The van der Waals surface area contributed by atoms with Crippen molar-refractivity contribution in [2.24, 2.45) is 5.92 Å². The van der Waals surface area contributed by atoms with Crippen molar-refractivity contribution >= 4 is 17.5 Å². The zero-order chi connectivity index (χ0) is 15.4. The van der Waals surface area contributed by atoms with Gasteiger partial charge in [-0.1, -0.05) is 37.6 Å². The highest BCUT2D eigenvalue weighted by molar-refractivity contribution is 6.30. The van der Waals surface area contributed by atoms with E-state index in [4.69, 9.17) is 11.6 Å². The molecule has 2 N–H and O–H groups in total. The maximum Gasteiger partial charge on any atom is 0.257 e. The van der Waals surface area contributed by atoms with Gasteiger partial charge in [0.25, 0.3) is 5.91 Å². The minimum absolute atomic E-state index is 0.108. The van der Waals surface area contributed by atoms with Crippen LogP contribution in [0.5, 0.6) is 0 Å². The summed E-state index contributed by atoms with van der Waals surface area (Å²) in [4.78, 5) is 26.7. The lowest BCUT2D eigenvalue weighted by Crippen LogP contribution is -2.34. The minimum atomic E-state index is -0.384. The van der Waals surface area contributed by atoms with Gasteiger partial charge < -0.3 is 10.3 Å². The van der Waals surface area contributed by atoms with Crippen molar-refractivity contribution in [3.05, 3.63) is 69.1 Å². The SMILES string of the molecule is CC(C)C(NC(=O)c1c[nH]ccc1=O)c1ccc(Cl)cc1. The van der Waals surface area contributed by atoms with Crippen LogP contribution < -0.4 is 10.7 Å². The molecule has 21 heavy (non-hydrogen) atoms. The van der Waals surface area contributed by atoms with Gasteiger partial charge in [-0.25, -0.2) is 0 Å². The first-order valence-electron chi connectivity index (χ1n) is 6.72. The first kappa shape index (κ1) is 15.3. The monoisotopic (exact) mass is 304 g/mol. The molecule has 110 valence electrons. The highest BCUT2D eigenvalue weighted by atomic mass is 35.5. The predicted octanol–water partition coefficient (Wildman–Crippen LogP) is 3.16. The summed E-state index contributed by atoms with van der Waals surface area (Å²) in [5, 5.41) is 3.55. The molecular formula is C16H17ClN2O2. The predicted molar refractivity (Wildman–Crippen MR) is 83.6 cm³/mol. The Morgan fingerprint density at radius 3 is 2.43 bits per heavy atom. The van der Waals surface area contributed by atoms with Crippen LogP contribution in [-0.4, -0.2) is 10.9 Å². The largest absolute Gasteiger partial charge is 0.367 e. The highest BCUT2D eigenvalue weighted by Crippen LogP contribution is 2.23. The van der Waals surface area contributed by atoms with Crippen molar-refractivity contribution in [2.45, 2.75) is 19.9 Å². The normalized spacial score (nSPS) is 12.2.